The lowest BCUT2D eigenvalue weighted by Crippen LogP contribution is -2.22. The highest BCUT2D eigenvalue weighted by Crippen LogP contribution is 2.55. The Labute approximate surface area is 520 Å². The molecule has 0 bridgehead atoms. The summed E-state index contributed by atoms with van der Waals surface area (Å²) in [5, 5.41) is 0. The topological polar surface area (TPSA) is 203 Å². The molecule has 17 heteroatoms. The van der Waals surface area contributed by atoms with Gasteiger partial charge in [0.1, 0.15) is 0 Å². The summed E-state index contributed by atoms with van der Waals surface area (Å²) in [7, 11) is -4.25. The van der Waals surface area contributed by atoms with Crippen molar-refractivity contribution in [2.24, 2.45) is 0 Å². The number of hydrogen-bond donors (Lipinski definition) is 0. The Morgan fingerprint density at radius 1 is 0.244 bits per heavy atom. The van der Waals surface area contributed by atoms with Crippen molar-refractivity contribution < 1.29 is 75.3 Å². The zero-order valence-corrected chi connectivity index (χ0v) is 55.5. The van der Waals surface area contributed by atoms with E-state index in [1.54, 1.807) is 41.5 Å². The number of carbonyl (C=O) groups is 6. The number of unbranched alkanes of at least 4 members (excludes halogenated alkanes) is 24. The molecule has 0 saturated carbocycles. The van der Waals surface area contributed by atoms with Crippen LogP contribution in [0.3, 0.4) is 0 Å². The lowest BCUT2D eigenvalue weighted by molar-refractivity contribution is -0.139. The third-order valence-electron chi connectivity index (χ3n) is 14.3. The molecular formula is C69H117O16P. The van der Waals surface area contributed by atoms with Crippen LogP contribution >= 0.6 is 7.82 Å². The Kier molecular flexibility index (Phi) is 50.5. The summed E-state index contributed by atoms with van der Waals surface area (Å²) in [5.74, 6) is -2.29. The monoisotopic (exact) mass is 1230 g/mol. The van der Waals surface area contributed by atoms with Crippen molar-refractivity contribution in [3.63, 3.8) is 0 Å². The second-order valence-corrected chi connectivity index (χ2v) is 25.0. The van der Waals surface area contributed by atoms with Crippen LogP contribution in [0.4, 0.5) is 0 Å². The van der Waals surface area contributed by atoms with E-state index in [1.165, 1.54) is 0 Å². The summed E-state index contributed by atoms with van der Waals surface area (Å²) < 4.78 is 68.6. The van der Waals surface area contributed by atoms with Gasteiger partial charge >= 0.3 is 43.6 Å². The molecule has 0 aromatic rings. The number of carbonyl (C=O) groups excluding carboxylic acids is 6. The van der Waals surface area contributed by atoms with Crippen molar-refractivity contribution in [1.82, 2.24) is 0 Å². The number of hydrogen-bond acceptors (Lipinski definition) is 16. The lowest BCUT2D eigenvalue weighted by atomic mass is 10.0. The normalized spacial score (nSPS) is 11.4. The fraction of sp³-hybridized carbons (Fsp3) is 0.739. The minimum atomic E-state index is -4.25. The van der Waals surface area contributed by atoms with Crippen molar-refractivity contribution in [2.45, 2.75) is 291 Å². The fourth-order valence-electron chi connectivity index (χ4n) is 9.13. The summed E-state index contributed by atoms with van der Waals surface area (Å²) in [6.45, 7) is 33.9. The molecule has 494 valence electrons. The molecular weight excluding hydrogens is 1120 g/mol. The highest BCUT2D eigenvalue weighted by molar-refractivity contribution is 7.48. The van der Waals surface area contributed by atoms with Crippen LogP contribution in [-0.2, 0) is 75.3 Å². The maximum Gasteiger partial charge on any atom is 0.475 e. The van der Waals surface area contributed by atoms with Gasteiger partial charge in [0.2, 0.25) is 0 Å². The molecule has 0 unspecified atom stereocenters. The third kappa shape index (κ3) is 48.4. The van der Waals surface area contributed by atoms with Crippen molar-refractivity contribution >= 4 is 43.6 Å². The van der Waals surface area contributed by atoms with Gasteiger partial charge < -0.3 is 28.4 Å². The van der Waals surface area contributed by atoms with Gasteiger partial charge in [-0.1, -0.05) is 194 Å². The first-order valence-electron chi connectivity index (χ1n) is 32.7. The predicted molar refractivity (Wildman–Crippen MR) is 343 cm³/mol. The van der Waals surface area contributed by atoms with Crippen LogP contribution in [0.25, 0.3) is 0 Å². The zero-order valence-electron chi connectivity index (χ0n) is 54.7. The highest BCUT2D eigenvalue weighted by Gasteiger charge is 2.37. The van der Waals surface area contributed by atoms with Crippen molar-refractivity contribution in [3.8, 4) is 0 Å². The minimum absolute atomic E-state index is 0.341. The zero-order chi connectivity index (χ0) is 64.2. The van der Waals surface area contributed by atoms with E-state index < -0.39 is 26.1 Å². The largest absolute Gasteiger partial charge is 0.475 e. The van der Waals surface area contributed by atoms with Crippen LogP contribution in [0, 0.1) is 0 Å². The van der Waals surface area contributed by atoms with E-state index in [-0.39, 0.29) is 35.8 Å². The van der Waals surface area contributed by atoms with E-state index in [2.05, 4.69) is 39.5 Å². The molecule has 0 atom stereocenters. The van der Waals surface area contributed by atoms with E-state index in [0.717, 1.165) is 193 Å². The Bertz CT molecular complexity index is 1690. The molecule has 0 N–H and O–H groups in total. The Morgan fingerprint density at radius 2 is 0.372 bits per heavy atom. The van der Waals surface area contributed by atoms with Crippen molar-refractivity contribution in [1.29, 1.82) is 0 Å². The van der Waals surface area contributed by atoms with Crippen LogP contribution in [-0.4, -0.2) is 93.8 Å². The molecule has 16 nitrogen and oxygen atoms in total. The van der Waals surface area contributed by atoms with Gasteiger partial charge in [0.05, 0.1) is 58.0 Å². The number of rotatable bonds is 60. The molecule has 0 amide bonds. The minimum Gasteiger partial charge on any atom is -0.462 e. The van der Waals surface area contributed by atoms with Crippen LogP contribution in [0.15, 0.2) is 72.9 Å². The number of phosphoric acid groups is 1. The molecule has 0 fully saturated rings. The van der Waals surface area contributed by atoms with Gasteiger partial charge in [0, 0.05) is 33.4 Å². The molecule has 0 aromatic carbocycles. The Morgan fingerprint density at radius 3 is 0.512 bits per heavy atom. The van der Waals surface area contributed by atoms with Gasteiger partial charge in [-0.15, -0.1) is 0 Å². The highest BCUT2D eigenvalue weighted by atomic mass is 31.2. The molecule has 0 radical (unpaired) electrons. The van der Waals surface area contributed by atoms with Gasteiger partial charge in [0.15, 0.2) is 0 Å². The molecule has 0 spiro atoms. The SMILES string of the molecule is C=C(C)C(=O)OCCCCCCCC(CCCCCCCOC(=O)C(=C)C)OP(=O)(OC(CCCCCCCOC(=O)C(=C)C)CCCCCCCOC(=O)C(=C)C)OC(CCCCCCCOC(=O)C(=C)C)CCCCCCCOC(=O)C(=C)C. The van der Waals surface area contributed by atoms with Crippen LogP contribution in [0.1, 0.15) is 273 Å². The Hall–Kier alpha value is -4.63. The molecule has 0 aliphatic rings. The predicted octanol–water partition coefficient (Wildman–Crippen LogP) is 18.0. The Balaban J connectivity index is 6.83. The van der Waals surface area contributed by atoms with Gasteiger partial charge in [-0.2, -0.15) is 0 Å². The summed E-state index contributed by atoms with van der Waals surface area (Å²) in [6.07, 6.45) is 28.5. The van der Waals surface area contributed by atoms with Crippen LogP contribution < -0.4 is 0 Å². The smallest absolute Gasteiger partial charge is 0.462 e. The first kappa shape index (κ1) is 81.4. The van der Waals surface area contributed by atoms with Crippen molar-refractivity contribution in [2.75, 3.05) is 39.6 Å². The standard InChI is InChI=1S/C69H117O16P/c1-55(2)64(70)77-49-37-25-13-19-31-43-61(44-32-20-14-26-38-50-78-65(71)56(3)4)83-86(76,84-62(45-33-21-15-27-39-51-79-66(72)57(5)6)46-34-22-16-28-40-52-80-67(73)58(7)8)85-63(47-35-23-17-29-41-53-81-68(74)59(9)10)48-36-24-18-30-42-54-82-69(75)60(11)12/h61-63H,1,3,5,7,9,11,13-54H2,2,4,6,8,10,12H3. The third-order valence-corrected chi connectivity index (χ3v) is 16.0. The second-order valence-electron chi connectivity index (χ2n) is 23.5. The average molecular weight is 1230 g/mol. The average Bonchev–Trinajstić information content (AvgIpc) is 3.66. The number of ether oxygens (including phenoxy) is 6. The van der Waals surface area contributed by atoms with Crippen LogP contribution in [0.2, 0.25) is 0 Å². The quantitative estimate of drug-likeness (QED) is 0.0183. The summed E-state index contributed by atoms with van der Waals surface area (Å²) in [6, 6.07) is 0. The molecule has 0 aromatic heterocycles. The maximum atomic E-state index is 16.0. The van der Waals surface area contributed by atoms with Gasteiger partial charge in [-0.3, -0.25) is 13.6 Å². The second kappa shape index (κ2) is 53.4. The fourth-order valence-corrected chi connectivity index (χ4v) is 11.0. The van der Waals surface area contributed by atoms with E-state index in [0.29, 0.717) is 112 Å². The maximum absolute atomic E-state index is 16.0. The summed E-state index contributed by atoms with van der Waals surface area (Å²) >= 11 is 0. The van der Waals surface area contributed by atoms with E-state index in [1.807, 2.05) is 0 Å². The van der Waals surface area contributed by atoms with Crippen molar-refractivity contribution in [3.05, 3.63) is 72.9 Å². The number of phosphoric ester groups is 1. The molecule has 0 aliphatic heterocycles. The first-order valence-corrected chi connectivity index (χ1v) is 34.2. The summed E-state index contributed by atoms with van der Waals surface area (Å²) in [4.78, 5) is 71.6. The lowest BCUT2D eigenvalue weighted by Gasteiger charge is -2.31. The molecule has 0 saturated heterocycles. The summed E-state index contributed by atoms with van der Waals surface area (Å²) in [5.41, 5.74) is 2.27. The molecule has 0 heterocycles. The molecule has 0 aliphatic carbocycles. The van der Waals surface area contributed by atoms with Gasteiger partial charge in [0.25, 0.3) is 0 Å². The number of esters is 6. The first-order chi connectivity index (χ1) is 41.1. The van der Waals surface area contributed by atoms with E-state index in [4.69, 9.17) is 42.0 Å². The molecule has 86 heavy (non-hydrogen) atoms. The van der Waals surface area contributed by atoms with Gasteiger partial charge in [-0.05, 0) is 119 Å². The van der Waals surface area contributed by atoms with Gasteiger partial charge in [-0.25, -0.2) is 33.3 Å². The molecule has 0 rings (SSSR count). The van der Waals surface area contributed by atoms with E-state index >= 15 is 4.57 Å². The van der Waals surface area contributed by atoms with Crippen LogP contribution in [0.5, 0.6) is 0 Å². The van der Waals surface area contributed by atoms with E-state index in [9.17, 15) is 28.8 Å².